The van der Waals surface area contributed by atoms with Crippen molar-refractivity contribution in [3.63, 3.8) is 0 Å². The van der Waals surface area contributed by atoms with E-state index in [2.05, 4.69) is 48.6 Å². The van der Waals surface area contributed by atoms with E-state index in [-0.39, 0.29) is 0 Å². The van der Waals surface area contributed by atoms with Gasteiger partial charge in [-0.3, -0.25) is 0 Å². The van der Waals surface area contributed by atoms with Crippen LogP contribution in [0, 0.1) is 0 Å². The van der Waals surface area contributed by atoms with Crippen molar-refractivity contribution in [2.75, 3.05) is 6.26 Å². The van der Waals surface area contributed by atoms with E-state index >= 15 is 0 Å². The third-order valence-corrected chi connectivity index (χ3v) is 7.82. The van der Waals surface area contributed by atoms with Crippen LogP contribution in [0.15, 0.2) is 58.2 Å². The highest BCUT2D eigenvalue weighted by Gasteiger charge is 2.18. The largest absolute Gasteiger partial charge is 0.143 e. The molecule has 0 spiro atoms. The molecule has 3 heterocycles. The van der Waals surface area contributed by atoms with Gasteiger partial charge in [0.15, 0.2) is 0 Å². The number of rotatable bonds is 5. The Morgan fingerprint density at radius 1 is 1.29 bits per heavy atom. The van der Waals surface area contributed by atoms with Gasteiger partial charge in [-0.15, -0.1) is 41.0 Å². The molecule has 1 aliphatic rings. The Hall–Kier alpha value is -0.680. The van der Waals surface area contributed by atoms with Crippen molar-refractivity contribution in [1.82, 2.24) is 0 Å². The van der Waals surface area contributed by atoms with E-state index in [0.717, 1.165) is 12.8 Å². The summed E-state index contributed by atoms with van der Waals surface area (Å²) in [5.74, 6) is 0. The predicted molar refractivity (Wildman–Crippen MR) is 103 cm³/mol. The highest BCUT2D eigenvalue weighted by Crippen LogP contribution is 2.48. The Morgan fingerprint density at radius 3 is 2.86 bits per heavy atom. The number of allylic oxidation sites excluding steroid dienone is 4. The summed E-state index contributed by atoms with van der Waals surface area (Å²) in [4.78, 5) is 8.47. The van der Waals surface area contributed by atoms with Gasteiger partial charge in [-0.1, -0.05) is 30.0 Å². The first-order valence-corrected chi connectivity index (χ1v) is 10.4. The Balaban J connectivity index is 1.79. The third-order valence-electron chi connectivity index (χ3n) is 3.21. The van der Waals surface area contributed by atoms with Gasteiger partial charge in [-0.05, 0) is 47.6 Å². The lowest BCUT2D eigenvalue weighted by molar-refractivity contribution is 1.28. The fraction of sp³-hybridized carbons (Fsp3) is 0.176. The van der Waals surface area contributed by atoms with Crippen molar-refractivity contribution >= 4 is 51.1 Å². The van der Waals surface area contributed by atoms with Gasteiger partial charge in [0.25, 0.3) is 0 Å². The normalized spacial score (nSPS) is 16.9. The highest BCUT2D eigenvalue weighted by atomic mass is 32.2. The van der Waals surface area contributed by atoms with E-state index in [1.807, 2.05) is 52.3 Å². The summed E-state index contributed by atoms with van der Waals surface area (Å²) in [6.07, 6.45) is 8.57. The Bertz CT molecular complexity index is 686. The first kappa shape index (κ1) is 15.2. The third kappa shape index (κ3) is 3.39. The van der Waals surface area contributed by atoms with Crippen LogP contribution in [0.2, 0.25) is 0 Å². The Kier molecular flexibility index (Phi) is 5.11. The molecular weight excluding hydrogens is 332 g/mol. The molecule has 0 atom stereocenters. The van der Waals surface area contributed by atoms with Crippen LogP contribution in [0.1, 0.15) is 17.7 Å². The van der Waals surface area contributed by atoms with E-state index in [1.54, 1.807) is 0 Å². The van der Waals surface area contributed by atoms with Crippen LogP contribution in [0.5, 0.6) is 0 Å². The summed E-state index contributed by atoms with van der Waals surface area (Å²) in [6, 6.07) is 8.81. The molecule has 0 saturated carbocycles. The second kappa shape index (κ2) is 7.05. The summed E-state index contributed by atoms with van der Waals surface area (Å²) >= 11 is 7.49. The maximum atomic E-state index is 3.86. The molecule has 108 valence electrons. The average molecular weight is 349 g/mol. The topological polar surface area (TPSA) is 0 Å². The van der Waals surface area contributed by atoms with E-state index in [0.29, 0.717) is 0 Å². The van der Waals surface area contributed by atoms with Crippen LogP contribution < -0.4 is 0 Å². The number of thiophene rings is 2. The van der Waals surface area contributed by atoms with Gasteiger partial charge in [0.1, 0.15) is 0 Å². The zero-order chi connectivity index (χ0) is 14.7. The van der Waals surface area contributed by atoms with Crippen LogP contribution in [0.3, 0.4) is 0 Å². The molecular formula is C17H16S4. The monoisotopic (exact) mass is 348 g/mol. The van der Waals surface area contributed by atoms with Gasteiger partial charge in [0.05, 0.1) is 0 Å². The molecule has 0 bridgehead atoms. The fourth-order valence-corrected chi connectivity index (χ4v) is 6.15. The van der Waals surface area contributed by atoms with Gasteiger partial charge in [-0.2, -0.15) is 0 Å². The number of hydrogen-bond donors (Lipinski definition) is 0. The molecule has 0 N–H and O–H groups in total. The molecule has 1 aliphatic heterocycles. The van der Waals surface area contributed by atoms with Crippen molar-refractivity contribution in [3.05, 3.63) is 63.1 Å². The molecule has 0 amide bonds. The minimum Gasteiger partial charge on any atom is -0.143 e. The molecule has 2 aromatic heterocycles. The van der Waals surface area contributed by atoms with Crippen molar-refractivity contribution in [3.8, 4) is 9.75 Å². The summed E-state index contributed by atoms with van der Waals surface area (Å²) in [5, 5.41) is 2.14. The number of thioether (sulfide) groups is 2. The average Bonchev–Trinajstić information content (AvgIpc) is 3.24. The van der Waals surface area contributed by atoms with Gasteiger partial charge in [0.2, 0.25) is 0 Å². The van der Waals surface area contributed by atoms with E-state index in [1.165, 1.54) is 29.3 Å². The maximum absolute atomic E-state index is 3.86. The zero-order valence-electron chi connectivity index (χ0n) is 11.8. The summed E-state index contributed by atoms with van der Waals surface area (Å²) in [7, 11) is 0. The molecule has 0 radical (unpaired) electrons. The first-order chi connectivity index (χ1) is 10.3. The van der Waals surface area contributed by atoms with Crippen LogP contribution in [0.25, 0.3) is 14.7 Å². The summed E-state index contributed by atoms with van der Waals surface area (Å²) in [5.41, 5.74) is 0. The Labute approximate surface area is 142 Å². The molecule has 0 aromatic carbocycles. The van der Waals surface area contributed by atoms with Crippen molar-refractivity contribution in [2.45, 2.75) is 12.8 Å². The van der Waals surface area contributed by atoms with Crippen molar-refractivity contribution < 1.29 is 0 Å². The molecule has 21 heavy (non-hydrogen) atoms. The molecule has 2 aromatic rings. The minimum absolute atomic E-state index is 0.982. The molecule has 3 rings (SSSR count). The summed E-state index contributed by atoms with van der Waals surface area (Å²) < 4.78 is 0. The van der Waals surface area contributed by atoms with Crippen molar-refractivity contribution in [2.24, 2.45) is 0 Å². The molecule has 0 unspecified atom stereocenters. The van der Waals surface area contributed by atoms with Crippen LogP contribution in [0.4, 0.5) is 0 Å². The van der Waals surface area contributed by atoms with Gasteiger partial charge < -0.3 is 0 Å². The molecule has 0 nitrogen and oxygen atoms in total. The molecule has 0 saturated heterocycles. The molecule has 0 aliphatic carbocycles. The van der Waals surface area contributed by atoms with Gasteiger partial charge in [0, 0.05) is 24.4 Å². The van der Waals surface area contributed by atoms with E-state index in [4.69, 9.17) is 0 Å². The first-order valence-electron chi connectivity index (χ1n) is 6.71. The Morgan fingerprint density at radius 2 is 2.14 bits per heavy atom. The second-order valence-corrected chi connectivity index (χ2v) is 8.63. The van der Waals surface area contributed by atoms with E-state index in [9.17, 15) is 0 Å². The molecule has 0 fully saturated rings. The quantitative estimate of drug-likeness (QED) is 0.528. The van der Waals surface area contributed by atoms with Gasteiger partial charge in [-0.25, -0.2) is 0 Å². The van der Waals surface area contributed by atoms with Crippen molar-refractivity contribution in [1.29, 1.82) is 0 Å². The van der Waals surface area contributed by atoms with Gasteiger partial charge >= 0.3 is 0 Å². The lowest BCUT2D eigenvalue weighted by Crippen LogP contribution is -1.79. The molecule has 4 heteroatoms. The smallest absolute Gasteiger partial charge is 0.0449 e. The maximum Gasteiger partial charge on any atom is 0.0449 e. The highest BCUT2D eigenvalue weighted by molar-refractivity contribution is 8.13. The second-order valence-electron chi connectivity index (χ2n) is 4.56. The minimum atomic E-state index is 0.982. The van der Waals surface area contributed by atoms with E-state index < -0.39 is 0 Å². The fourth-order valence-electron chi connectivity index (χ4n) is 2.19. The lowest BCUT2D eigenvalue weighted by atomic mass is 10.3. The standard InChI is InChI=1S/C17H16S4/c1-3-5-12(18-2)14-7-9-16(20-14)17-10-8-15(21-17)13-6-4-11-19-13/h3-4,6,8-11H,1,5,7H2,2H3. The van der Waals surface area contributed by atoms with Crippen LogP contribution >= 0.6 is 46.2 Å². The zero-order valence-corrected chi connectivity index (χ0v) is 15.1. The number of hydrogen-bond acceptors (Lipinski definition) is 4. The van der Waals surface area contributed by atoms with Crippen LogP contribution in [-0.4, -0.2) is 6.26 Å². The SMILES string of the molecule is C=CCC(SC)=C1CC=C(c2ccc(-c3cccs3)s2)S1. The lowest BCUT2D eigenvalue weighted by Gasteiger charge is -2.06. The van der Waals surface area contributed by atoms with Crippen LogP contribution in [-0.2, 0) is 0 Å². The summed E-state index contributed by atoms with van der Waals surface area (Å²) in [6.45, 7) is 3.86. The predicted octanol–water partition coefficient (Wildman–Crippen LogP) is 7.11.